The van der Waals surface area contributed by atoms with Crippen LogP contribution in [0.3, 0.4) is 0 Å². The molecule has 178 valence electrons. The van der Waals surface area contributed by atoms with Gasteiger partial charge in [-0.1, -0.05) is 24.3 Å². The van der Waals surface area contributed by atoms with E-state index in [1.807, 2.05) is 31.1 Å². The molecule has 3 aromatic rings. The number of sulfonamides is 2. The first-order valence-electron chi connectivity index (χ1n) is 9.92. The van der Waals surface area contributed by atoms with Crippen LogP contribution in [-0.2, 0) is 20.0 Å². The van der Waals surface area contributed by atoms with Gasteiger partial charge in [-0.3, -0.25) is 9.52 Å². The molecule has 3 aromatic carbocycles. The molecule has 0 bridgehead atoms. The lowest BCUT2D eigenvalue weighted by Gasteiger charge is -2.17. The number of hydrogen-bond acceptors (Lipinski definition) is 7. The molecule has 0 aromatic heterocycles. The molecule has 0 aliphatic rings. The Morgan fingerprint density at radius 2 is 1.71 bits per heavy atom. The third-order valence-corrected chi connectivity index (χ3v) is 7.60. The van der Waals surface area contributed by atoms with Gasteiger partial charge in [0.25, 0.3) is 20.0 Å². The quantitative estimate of drug-likeness (QED) is 0.195. The first kappa shape index (κ1) is 25.0. The van der Waals surface area contributed by atoms with E-state index in [1.165, 1.54) is 12.1 Å². The molecule has 13 heteroatoms. The number of nitrogens with one attached hydrogen (secondary N) is 1. The molecule has 0 spiro atoms. The van der Waals surface area contributed by atoms with E-state index < -0.39 is 30.7 Å². The molecule has 0 saturated heterocycles. The zero-order chi connectivity index (χ0) is 25.1. The Morgan fingerprint density at radius 3 is 2.35 bits per heavy atom. The number of ketones is 1. The summed E-state index contributed by atoms with van der Waals surface area (Å²) in [7, 11) is -4.93. The van der Waals surface area contributed by atoms with Crippen molar-refractivity contribution in [1.82, 2.24) is 0 Å². The zero-order valence-electron chi connectivity index (χ0n) is 18.3. The topological polar surface area (TPSA) is 175 Å². The van der Waals surface area contributed by atoms with Crippen LogP contribution in [0.25, 0.3) is 21.2 Å². The monoisotopic (exact) mass is 502 g/mol. The molecule has 0 amide bonds. The van der Waals surface area contributed by atoms with Crippen LogP contribution < -0.4 is 15.4 Å². The second kappa shape index (κ2) is 9.69. The van der Waals surface area contributed by atoms with E-state index >= 15 is 0 Å². The number of hydrogen-bond donors (Lipinski definition) is 2. The van der Waals surface area contributed by atoms with E-state index in [-0.39, 0.29) is 29.1 Å². The minimum atomic E-state index is -4.49. The molecular formula is C21H22N6O5S2. The molecule has 11 nitrogen and oxygen atoms in total. The fourth-order valence-corrected chi connectivity index (χ4v) is 5.64. The summed E-state index contributed by atoms with van der Waals surface area (Å²) < 4.78 is 56.2. The van der Waals surface area contributed by atoms with Crippen LogP contribution in [0.15, 0.2) is 68.9 Å². The molecule has 3 rings (SSSR count). The van der Waals surface area contributed by atoms with Gasteiger partial charge in [0.05, 0.1) is 9.79 Å². The molecule has 34 heavy (non-hydrogen) atoms. The smallest absolute Gasteiger partial charge is 0.265 e. The van der Waals surface area contributed by atoms with Gasteiger partial charge in [-0.25, -0.2) is 16.8 Å². The molecule has 3 N–H and O–H groups in total. The molecule has 0 atom stereocenters. The molecule has 0 heterocycles. The van der Waals surface area contributed by atoms with Gasteiger partial charge >= 0.3 is 0 Å². The molecule has 0 unspecified atom stereocenters. The minimum absolute atomic E-state index is 0.00862. The Kier molecular flexibility index (Phi) is 7.12. The first-order chi connectivity index (χ1) is 16.0. The highest BCUT2D eigenvalue weighted by Gasteiger charge is 2.24. The van der Waals surface area contributed by atoms with Crippen LogP contribution >= 0.6 is 0 Å². The van der Waals surface area contributed by atoms with Gasteiger partial charge in [-0.2, -0.15) is 0 Å². The van der Waals surface area contributed by atoms with Gasteiger partial charge in [-0.05, 0) is 42.4 Å². The van der Waals surface area contributed by atoms with Crippen molar-refractivity contribution in [2.45, 2.75) is 16.2 Å². The molecule has 0 saturated carbocycles. The number of fused-ring (bicyclic) bond motifs is 1. The standard InChI is InChI=1S/C21H22N6O5S2/c1-27(2)18-7-3-6-16-15(18)5-4-8-20(16)33(29,30)24-14-9-10-21(34(31,32)26-25-23)17(13-14)19(28)11-12-22/h3-10,13,24H,11-12,22H2,1-2H3. The van der Waals surface area contributed by atoms with Gasteiger partial charge in [-0.15, -0.1) is 0 Å². The second-order valence-electron chi connectivity index (χ2n) is 7.45. The fraction of sp³-hybridized carbons (Fsp3) is 0.190. The van der Waals surface area contributed by atoms with E-state index in [9.17, 15) is 21.6 Å². The predicted molar refractivity (Wildman–Crippen MR) is 130 cm³/mol. The fourth-order valence-electron chi connectivity index (χ4n) is 3.49. The normalized spacial score (nSPS) is 11.6. The summed E-state index contributed by atoms with van der Waals surface area (Å²) in [6.07, 6.45) is -0.189. The van der Waals surface area contributed by atoms with Crippen LogP contribution in [0, 0.1) is 0 Å². The minimum Gasteiger partial charge on any atom is -0.377 e. The van der Waals surface area contributed by atoms with Crippen LogP contribution in [0.2, 0.25) is 0 Å². The van der Waals surface area contributed by atoms with E-state index in [0.717, 1.165) is 23.2 Å². The van der Waals surface area contributed by atoms with Crippen molar-refractivity contribution in [2.24, 2.45) is 10.3 Å². The van der Waals surface area contributed by atoms with Crippen LogP contribution in [0.4, 0.5) is 11.4 Å². The number of anilines is 2. The Morgan fingerprint density at radius 1 is 1.03 bits per heavy atom. The molecule has 0 radical (unpaired) electrons. The number of carbonyl (C=O) groups is 1. The summed E-state index contributed by atoms with van der Waals surface area (Å²) in [5.41, 5.74) is 14.4. The summed E-state index contributed by atoms with van der Waals surface area (Å²) in [6.45, 7) is -0.0555. The summed E-state index contributed by atoms with van der Waals surface area (Å²) in [5.74, 6) is -0.643. The van der Waals surface area contributed by atoms with Gasteiger partial charge < -0.3 is 10.6 Å². The average molecular weight is 503 g/mol. The van der Waals surface area contributed by atoms with Crippen molar-refractivity contribution in [3.8, 4) is 0 Å². The van der Waals surface area contributed by atoms with Crippen LogP contribution in [0.5, 0.6) is 0 Å². The molecule has 0 aliphatic heterocycles. The number of azide groups is 1. The van der Waals surface area contributed by atoms with Crippen molar-refractivity contribution in [3.05, 3.63) is 70.6 Å². The van der Waals surface area contributed by atoms with Gasteiger partial charge in [0, 0.05) is 57.7 Å². The van der Waals surface area contributed by atoms with E-state index in [1.54, 1.807) is 18.2 Å². The highest BCUT2D eigenvalue weighted by molar-refractivity contribution is 7.93. The van der Waals surface area contributed by atoms with Gasteiger partial charge in [0.1, 0.15) is 0 Å². The number of benzene rings is 3. The third kappa shape index (κ3) is 4.97. The zero-order valence-corrected chi connectivity index (χ0v) is 20.0. The SMILES string of the molecule is CN(C)c1cccc2c(S(=O)(=O)Nc3ccc(S(=O)(=O)N=[N+]=[N-])c(C(=O)CCN)c3)cccc12. The largest absolute Gasteiger partial charge is 0.377 e. The lowest BCUT2D eigenvalue weighted by Crippen LogP contribution is -2.16. The Balaban J connectivity index is 2.12. The summed E-state index contributed by atoms with van der Waals surface area (Å²) in [6, 6.07) is 13.4. The second-order valence-corrected chi connectivity index (χ2v) is 10.7. The third-order valence-electron chi connectivity index (χ3n) is 4.96. The highest BCUT2D eigenvalue weighted by Crippen LogP contribution is 2.32. The molecule has 0 aliphatic carbocycles. The Bertz CT molecular complexity index is 1530. The summed E-state index contributed by atoms with van der Waals surface area (Å²) in [5, 5.41) is 1.22. The average Bonchev–Trinajstić information content (AvgIpc) is 2.77. The van der Waals surface area contributed by atoms with E-state index in [0.29, 0.717) is 5.39 Å². The van der Waals surface area contributed by atoms with Crippen molar-refractivity contribution in [1.29, 1.82) is 0 Å². The predicted octanol–water partition coefficient (Wildman–Crippen LogP) is 3.24. The van der Waals surface area contributed by atoms with Crippen molar-refractivity contribution < 1.29 is 21.6 Å². The molecule has 0 fully saturated rings. The van der Waals surface area contributed by atoms with Crippen LogP contribution in [-0.4, -0.2) is 43.3 Å². The van der Waals surface area contributed by atoms with E-state index in [2.05, 4.69) is 14.2 Å². The first-order valence-corrected chi connectivity index (χ1v) is 12.8. The van der Waals surface area contributed by atoms with E-state index in [4.69, 9.17) is 11.3 Å². The number of nitrogens with zero attached hydrogens (tertiary/aromatic N) is 4. The van der Waals surface area contributed by atoms with Crippen LogP contribution in [0.1, 0.15) is 16.8 Å². The van der Waals surface area contributed by atoms with Gasteiger partial charge in [0.2, 0.25) is 0 Å². The Hall–Kier alpha value is -3.64. The van der Waals surface area contributed by atoms with Crippen molar-refractivity contribution in [3.63, 3.8) is 0 Å². The lowest BCUT2D eigenvalue weighted by atomic mass is 10.1. The number of nitrogens with two attached hydrogens (primary N) is 1. The maximum absolute atomic E-state index is 13.3. The number of Topliss-reactive ketones (excluding diaryl/α,β-unsaturated/α-hetero) is 1. The maximum atomic E-state index is 13.3. The van der Waals surface area contributed by atoms with Crippen molar-refractivity contribution >= 4 is 48.0 Å². The van der Waals surface area contributed by atoms with Gasteiger partial charge in [0.15, 0.2) is 5.78 Å². The lowest BCUT2D eigenvalue weighted by molar-refractivity contribution is 0.0982. The van der Waals surface area contributed by atoms with Crippen molar-refractivity contribution in [2.75, 3.05) is 30.3 Å². The summed E-state index contributed by atoms with van der Waals surface area (Å²) in [4.78, 5) is 16.1. The highest BCUT2D eigenvalue weighted by atomic mass is 32.2. The number of rotatable bonds is 9. The Labute approximate surface area is 196 Å². The summed E-state index contributed by atoms with van der Waals surface area (Å²) >= 11 is 0. The number of carbonyl (C=O) groups excluding carboxylic acids is 1. The maximum Gasteiger partial charge on any atom is 0.265 e. The molecular weight excluding hydrogens is 480 g/mol.